The van der Waals surface area contributed by atoms with Crippen LogP contribution in [0.4, 0.5) is 0 Å². The lowest BCUT2D eigenvalue weighted by Gasteiger charge is -2.27. The van der Waals surface area contributed by atoms with Gasteiger partial charge in [-0.25, -0.2) is 15.0 Å². The van der Waals surface area contributed by atoms with Gasteiger partial charge in [-0.05, 0) is 63.6 Å². The molecule has 0 atom stereocenters. The van der Waals surface area contributed by atoms with E-state index >= 15 is 0 Å². The Morgan fingerprint density at radius 3 is 2.63 bits per heavy atom. The van der Waals surface area contributed by atoms with E-state index in [2.05, 4.69) is 26.3 Å². The number of nitrogens with zero attached hydrogens (tertiary/aromatic N) is 3. The minimum atomic E-state index is -0.108. The van der Waals surface area contributed by atoms with Crippen LogP contribution in [0.25, 0.3) is 11.0 Å². The predicted molar refractivity (Wildman–Crippen MR) is 105 cm³/mol. The van der Waals surface area contributed by atoms with Crippen LogP contribution in [0.1, 0.15) is 59.4 Å². The maximum Gasteiger partial charge on any atom is 0.270 e. The van der Waals surface area contributed by atoms with Crippen molar-refractivity contribution < 1.29 is 4.79 Å². The summed E-state index contributed by atoms with van der Waals surface area (Å²) in [5.74, 6) is 2.62. The third-order valence-electron chi connectivity index (χ3n) is 5.39. The van der Waals surface area contributed by atoms with Crippen LogP contribution in [0.3, 0.4) is 0 Å². The zero-order valence-electron chi connectivity index (χ0n) is 15.8. The van der Waals surface area contributed by atoms with Crippen molar-refractivity contribution in [2.24, 2.45) is 5.92 Å². The number of rotatable bonds is 4. The van der Waals surface area contributed by atoms with Crippen LogP contribution < -0.4 is 5.32 Å². The number of aromatic amines is 1. The van der Waals surface area contributed by atoms with Crippen molar-refractivity contribution in [3.05, 3.63) is 53.4 Å². The topological polar surface area (TPSA) is 83.6 Å². The van der Waals surface area contributed by atoms with Crippen molar-refractivity contribution in [1.82, 2.24) is 25.3 Å². The van der Waals surface area contributed by atoms with Crippen LogP contribution in [0, 0.1) is 19.8 Å². The third kappa shape index (κ3) is 3.99. The van der Waals surface area contributed by atoms with E-state index in [0.717, 1.165) is 48.2 Å². The molecule has 0 unspecified atom stereocenters. The monoisotopic (exact) mass is 363 g/mol. The van der Waals surface area contributed by atoms with Crippen LogP contribution in [-0.4, -0.2) is 32.4 Å². The van der Waals surface area contributed by atoms with Crippen LogP contribution >= 0.6 is 0 Å². The Morgan fingerprint density at radius 2 is 1.89 bits per heavy atom. The molecule has 1 aliphatic carbocycles. The van der Waals surface area contributed by atoms with E-state index in [1.807, 2.05) is 32.0 Å². The van der Waals surface area contributed by atoms with E-state index in [-0.39, 0.29) is 5.91 Å². The Balaban J connectivity index is 1.31. The molecule has 1 aromatic carbocycles. The molecule has 0 radical (unpaired) electrons. The Morgan fingerprint density at radius 1 is 1.11 bits per heavy atom. The van der Waals surface area contributed by atoms with Gasteiger partial charge in [0, 0.05) is 18.2 Å². The molecule has 0 spiro atoms. The fourth-order valence-corrected chi connectivity index (χ4v) is 3.97. The molecule has 1 saturated carbocycles. The zero-order valence-corrected chi connectivity index (χ0v) is 15.8. The molecule has 6 heteroatoms. The van der Waals surface area contributed by atoms with Crippen molar-refractivity contribution in [3.63, 3.8) is 0 Å². The number of benzene rings is 1. The quantitative estimate of drug-likeness (QED) is 0.741. The molecule has 4 rings (SSSR count). The van der Waals surface area contributed by atoms with Crippen LogP contribution in [-0.2, 0) is 0 Å². The fourth-order valence-electron chi connectivity index (χ4n) is 3.97. The molecule has 2 N–H and O–H groups in total. The summed E-state index contributed by atoms with van der Waals surface area (Å²) >= 11 is 0. The van der Waals surface area contributed by atoms with Gasteiger partial charge in [-0.3, -0.25) is 4.79 Å². The molecule has 27 heavy (non-hydrogen) atoms. The van der Waals surface area contributed by atoms with Gasteiger partial charge >= 0.3 is 0 Å². The number of carbonyl (C=O) groups excluding carboxylic acids is 1. The fraction of sp³-hybridized carbons (Fsp3) is 0.429. The van der Waals surface area contributed by atoms with Gasteiger partial charge in [-0.15, -0.1) is 0 Å². The standard InChI is InChI=1S/C21H25N5O/c1-13-11-19(24-14(2)23-13)21(27)22-12-15-7-9-16(10-8-15)20-25-17-5-3-4-6-18(17)26-20/h3-6,11,15-16H,7-10,12H2,1-2H3,(H,22,27)(H,25,26). The number of nitrogens with one attached hydrogen (secondary N) is 2. The summed E-state index contributed by atoms with van der Waals surface area (Å²) in [7, 11) is 0. The average Bonchev–Trinajstić information content (AvgIpc) is 3.10. The molecule has 140 valence electrons. The summed E-state index contributed by atoms with van der Waals surface area (Å²) in [6, 6.07) is 9.91. The van der Waals surface area contributed by atoms with Gasteiger partial charge in [-0.2, -0.15) is 0 Å². The number of aromatic nitrogens is 4. The number of H-pyrrole nitrogens is 1. The smallest absolute Gasteiger partial charge is 0.270 e. The molecule has 3 aromatic rings. The van der Waals surface area contributed by atoms with Crippen molar-refractivity contribution in [1.29, 1.82) is 0 Å². The molecular weight excluding hydrogens is 338 g/mol. The summed E-state index contributed by atoms with van der Waals surface area (Å²) in [4.78, 5) is 29.0. The molecule has 2 aromatic heterocycles. The highest BCUT2D eigenvalue weighted by atomic mass is 16.1. The number of hydrogen-bond donors (Lipinski definition) is 2. The van der Waals surface area contributed by atoms with Gasteiger partial charge < -0.3 is 10.3 Å². The van der Waals surface area contributed by atoms with Crippen molar-refractivity contribution in [2.45, 2.75) is 45.4 Å². The predicted octanol–water partition coefficient (Wildman–Crippen LogP) is 3.67. The largest absolute Gasteiger partial charge is 0.350 e. The first-order valence-electron chi connectivity index (χ1n) is 9.63. The number of para-hydroxylation sites is 2. The molecule has 1 fully saturated rings. The molecule has 1 amide bonds. The average molecular weight is 363 g/mol. The first-order valence-corrected chi connectivity index (χ1v) is 9.63. The first-order chi connectivity index (χ1) is 13.1. The van der Waals surface area contributed by atoms with Crippen molar-refractivity contribution in [2.75, 3.05) is 6.54 Å². The second-order valence-electron chi connectivity index (χ2n) is 7.51. The van der Waals surface area contributed by atoms with Crippen molar-refractivity contribution >= 4 is 16.9 Å². The van der Waals surface area contributed by atoms with Gasteiger partial charge in [0.15, 0.2) is 0 Å². The summed E-state index contributed by atoms with van der Waals surface area (Å²) in [5, 5.41) is 3.05. The zero-order chi connectivity index (χ0) is 18.8. The molecule has 6 nitrogen and oxygen atoms in total. The van der Waals surface area contributed by atoms with E-state index in [1.54, 1.807) is 6.07 Å². The van der Waals surface area contributed by atoms with Gasteiger partial charge in [0.05, 0.1) is 11.0 Å². The highest BCUT2D eigenvalue weighted by Crippen LogP contribution is 2.35. The molecule has 0 aliphatic heterocycles. The van der Waals surface area contributed by atoms with E-state index in [9.17, 15) is 4.79 Å². The first kappa shape index (κ1) is 17.6. The lowest BCUT2D eigenvalue weighted by Crippen LogP contribution is -2.32. The molecule has 1 aliphatic rings. The lowest BCUT2D eigenvalue weighted by molar-refractivity contribution is 0.0937. The minimum absolute atomic E-state index is 0.108. The number of hydrogen-bond acceptors (Lipinski definition) is 4. The SMILES string of the molecule is Cc1cc(C(=O)NCC2CCC(c3nc4ccccc4[nH]3)CC2)nc(C)n1. The Labute approximate surface area is 158 Å². The number of fused-ring (bicyclic) bond motifs is 1. The van der Waals surface area contributed by atoms with E-state index in [1.165, 1.54) is 0 Å². The van der Waals surface area contributed by atoms with E-state index in [0.29, 0.717) is 29.9 Å². The summed E-state index contributed by atoms with van der Waals surface area (Å²) in [6.07, 6.45) is 4.41. The highest BCUT2D eigenvalue weighted by molar-refractivity contribution is 5.92. The van der Waals surface area contributed by atoms with Crippen LogP contribution in [0.5, 0.6) is 0 Å². The maximum absolute atomic E-state index is 12.4. The van der Waals surface area contributed by atoms with Gasteiger partial charge in [0.2, 0.25) is 0 Å². The van der Waals surface area contributed by atoms with E-state index in [4.69, 9.17) is 4.98 Å². The molecule has 0 saturated heterocycles. The maximum atomic E-state index is 12.4. The number of aryl methyl sites for hydroxylation is 2. The number of imidazole rings is 1. The van der Waals surface area contributed by atoms with Gasteiger partial charge in [0.1, 0.15) is 17.3 Å². The van der Waals surface area contributed by atoms with Gasteiger partial charge in [-0.1, -0.05) is 12.1 Å². The Bertz CT molecular complexity index is 903. The minimum Gasteiger partial charge on any atom is -0.350 e. The molecule has 0 bridgehead atoms. The number of amides is 1. The van der Waals surface area contributed by atoms with E-state index < -0.39 is 0 Å². The van der Waals surface area contributed by atoms with Gasteiger partial charge in [0.25, 0.3) is 5.91 Å². The van der Waals surface area contributed by atoms with Crippen LogP contribution in [0.15, 0.2) is 30.3 Å². The van der Waals surface area contributed by atoms with Crippen LogP contribution in [0.2, 0.25) is 0 Å². The second-order valence-corrected chi connectivity index (χ2v) is 7.51. The van der Waals surface area contributed by atoms with Crippen molar-refractivity contribution in [3.8, 4) is 0 Å². The highest BCUT2D eigenvalue weighted by Gasteiger charge is 2.25. The summed E-state index contributed by atoms with van der Waals surface area (Å²) < 4.78 is 0. The third-order valence-corrected chi connectivity index (χ3v) is 5.39. The normalized spacial score (nSPS) is 19.9. The number of carbonyl (C=O) groups is 1. The second kappa shape index (κ2) is 7.47. The Kier molecular flexibility index (Phi) is 4.88. The summed E-state index contributed by atoms with van der Waals surface area (Å²) in [6.45, 7) is 4.39. The summed E-state index contributed by atoms with van der Waals surface area (Å²) in [5.41, 5.74) is 3.42. The molecular formula is C21H25N5O. The lowest BCUT2D eigenvalue weighted by atomic mass is 9.81. The molecule has 2 heterocycles. The Hall–Kier alpha value is -2.76.